The Balaban J connectivity index is 2.28. The van der Waals surface area contributed by atoms with Crippen molar-refractivity contribution >= 4 is 46.3 Å². The number of pyridine rings is 1. The van der Waals surface area contributed by atoms with Crippen LogP contribution in [0.25, 0.3) is 6.08 Å². The lowest BCUT2D eigenvalue weighted by Gasteiger charge is -2.23. The number of aromatic nitrogens is 1. The van der Waals surface area contributed by atoms with Crippen LogP contribution in [0.1, 0.15) is 12.6 Å². The van der Waals surface area contributed by atoms with Crippen molar-refractivity contribution < 1.29 is 14.7 Å². The summed E-state index contributed by atoms with van der Waals surface area (Å²) in [6.07, 6.45) is 3.19. The number of hydrogen-bond acceptors (Lipinski definition) is 6. The van der Waals surface area contributed by atoms with Gasteiger partial charge in [0, 0.05) is 6.20 Å². The third-order valence-electron chi connectivity index (χ3n) is 2.52. The first-order valence-corrected chi connectivity index (χ1v) is 6.62. The van der Waals surface area contributed by atoms with Crippen LogP contribution in [-0.4, -0.2) is 32.1 Å². The lowest BCUT2D eigenvalue weighted by molar-refractivity contribution is -0.309. The summed E-state index contributed by atoms with van der Waals surface area (Å²) in [6, 6.07) is 4.22. The number of carbonyl (C=O) groups is 2. The van der Waals surface area contributed by atoms with Gasteiger partial charge in [-0.1, -0.05) is 30.0 Å². The zero-order chi connectivity index (χ0) is 14.0. The Hall–Kier alpha value is -1.73. The summed E-state index contributed by atoms with van der Waals surface area (Å²) in [4.78, 5) is 28.4. The molecule has 1 atom stereocenters. The highest BCUT2D eigenvalue weighted by Gasteiger charge is 2.35. The molecule has 1 aromatic heterocycles. The van der Waals surface area contributed by atoms with E-state index in [-0.39, 0.29) is 4.32 Å². The topological polar surface area (TPSA) is 73.3 Å². The van der Waals surface area contributed by atoms with Crippen molar-refractivity contribution in [1.82, 2.24) is 9.88 Å². The minimum Gasteiger partial charge on any atom is -0.548 e. The summed E-state index contributed by atoms with van der Waals surface area (Å²) in [7, 11) is 0. The number of thioether (sulfide) groups is 1. The van der Waals surface area contributed by atoms with Crippen LogP contribution in [0.4, 0.5) is 0 Å². The van der Waals surface area contributed by atoms with E-state index in [2.05, 4.69) is 4.98 Å². The van der Waals surface area contributed by atoms with Gasteiger partial charge >= 0.3 is 0 Å². The number of carboxylic acid groups (broad SMARTS) is 1. The fourth-order valence-electron chi connectivity index (χ4n) is 1.51. The van der Waals surface area contributed by atoms with E-state index >= 15 is 0 Å². The Labute approximate surface area is 119 Å². The highest BCUT2D eigenvalue weighted by molar-refractivity contribution is 8.26. The van der Waals surface area contributed by atoms with E-state index in [0.29, 0.717) is 10.6 Å². The van der Waals surface area contributed by atoms with Crippen LogP contribution in [0.2, 0.25) is 0 Å². The van der Waals surface area contributed by atoms with Gasteiger partial charge in [-0.3, -0.25) is 14.7 Å². The second kappa shape index (κ2) is 5.50. The molecule has 1 aliphatic heterocycles. The second-order valence-electron chi connectivity index (χ2n) is 3.80. The van der Waals surface area contributed by atoms with Gasteiger partial charge in [-0.25, -0.2) is 0 Å². The summed E-state index contributed by atoms with van der Waals surface area (Å²) in [5, 5.41) is 10.8. The average Bonchev–Trinajstić information content (AvgIpc) is 2.65. The molecule has 5 nitrogen and oxygen atoms in total. The molecule has 1 saturated heterocycles. The van der Waals surface area contributed by atoms with E-state index in [9.17, 15) is 14.7 Å². The maximum absolute atomic E-state index is 12.1. The van der Waals surface area contributed by atoms with Gasteiger partial charge in [-0.15, -0.1) is 0 Å². The molecule has 0 saturated carbocycles. The van der Waals surface area contributed by atoms with E-state index < -0.39 is 17.9 Å². The van der Waals surface area contributed by atoms with Crippen molar-refractivity contribution in [2.45, 2.75) is 13.0 Å². The van der Waals surface area contributed by atoms with E-state index in [1.165, 1.54) is 6.92 Å². The zero-order valence-electron chi connectivity index (χ0n) is 9.90. The third-order valence-corrected chi connectivity index (χ3v) is 3.85. The molecule has 2 heterocycles. The maximum atomic E-state index is 12.1. The fraction of sp³-hybridized carbons (Fsp3) is 0.167. The molecule has 19 heavy (non-hydrogen) atoms. The van der Waals surface area contributed by atoms with Gasteiger partial charge in [0.1, 0.15) is 4.32 Å². The molecule has 0 bridgehead atoms. The number of carbonyl (C=O) groups excluding carboxylic acids is 2. The minimum absolute atomic E-state index is 0.212. The number of amides is 1. The van der Waals surface area contributed by atoms with Crippen molar-refractivity contribution in [2.75, 3.05) is 0 Å². The molecule has 2 rings (SSSR count). The lowest BCUT2D eigenvalue weighted by atomic mass is 10.2. The largest absolute Gasteiger partial charge is 0.548 e. The van der Waals surface area contributed by atoms with Crippen molar-refractivity contribution in [3.63, 3.8) is 0 Å². The summed E-state index contributed by atoms with van der Waals surface area (Å²) >= 11 is 6.08. The van der Waals surface area contributed by atoms with Crippen LogP contribution in [-0.2, 0) is 9.59 Å². The summed E-state index contributed by atoms with van der Waals surface area (Å²) < 4.78 is 0.212. The molecule has 98 valence electrons. The van der Waals surface area contributed by atoms with E-state index in [1.807, 2.05) is 0 Å². The molecule has 0 aromatic carbocycles. The van der Waals surface area contributed by atoms with Crippen molar-refractivity contribution in [1.29, 1.82) is 0 Å². The van der Waals surface area contributed by atoms with Crippen molar-refractivity contribution in [3.8, 4) is 0 Å². The van der Waals surface area contributed by atoms with Crippen LogP contribution in [0.3, 0.4) is 0 Å². The van der Waals surface area contributed by atoms with Gasteiger partial charge in [0.2, 0.25) is 0 Å². The average molecular weight is 293 g/mol. The lowest BCUT2D eigenvalue weighted by Crippen LogP contribution is -2.48. The summed E-state index contributed by atoms with van der Waals surface area (Å²) in [5.74, 6) is -1.77. The van der Waals surface area contributed by atoms with Crippen LogP contribution in [0.15, 0.2) is 29.3 Å². The predicted molar refractivity (Wildman–Crippen MR) is 73.7 cm³/mol. The monoisotopic (exact) mass is 293 g/mol. The summed E-state index contributed by atoms with van der Waals surface area (Å²) in [6.45, 7) is 1.36. The number of thiocarbonyl (C=S) groups is 1. The Morgan fingerprint density at radius 2 is 2.32 bits per heavy atom. The van der Waals surface area contributed by atoms with Gasteiger partial charge in [0.15, 0.2) is 0 Å². The van der Waals surface area contributed by atoms with Gasteiger partial charge in [0.05, 0.1) is 22.6 Å². The van der Waals surface area contributed by atoms with Gasteiger partial charge in [-0.2, -0.15) is 0 Å². The molecular weight excluding hydrogens is 284 g/mol. The van der Waals surface area contributed by atoms with Crippen molar-refractivity contribution in [3.05, 3.63) is 35.0 Å². The maximum Gasteiger partial charge on any atom is 0.266 e. The molecule has 7 heteroatoms. The molecule has 1 aromatic rings. The molecule has 0 radical (unpaired) electrons. The first-order valence-electron chi connectivity index (χ1n) is 5.39. The number of carboxylic acids is 1. The molecular formula is C12H9N2O3S2-. The molecule has 0 aliphatic carbocycles. The van der Waals surface area contributed by atoms with Gasteiger partial charge < -0.3 is 9.90 Å². The second-order valence-corrected chi connectivity index (χ2v) is 5.48. The number of rotatable bonds is 3. The highest BCUT2D eigenvalue weighted by atomic mass is 32.2. The Bertz CT molecular complexity index is 572. The SMILES string of the molecule is C[C@H](C(=O)[O-])N1C(=O)/C(=C/c2ccccn2)SC1=S. The normalized spacial score (nSPS) is 19.0. The zero-order valence-corrected chi connectivity index (χ0v) is 11.5. The molecule has 1 amide bonds. The van der Waals surface area contributed by atoms with E-state index in [1.54, 1.807) is 30.5 Å². The Kier molecular flexibility index (Phi) is 3.96. The van der Waals surface area contributed by atoms with E-state index in [4.69, 9.17) is 12.2 Å². The van der Waals surface area contributed by atoms with Crippen LogP contribution < -0.4 is 5.11 Å². The number of nitrogens with zero attached hydrogens (tertiary/aromatic N) is 2. The Morgan fingerprint density at radius 1 is 1.58 bits per heavy atom. The molecule has 0 unspecified atom stereocenters. The smallest absolute Gasteiger partial charge is 0.266 e. The van der Waals surface area contributed by atoms with Crippen LogP contribution >= 0.6 is 24.0 Å². The summed E-state index contributed by atoms with van der Waals surface area (Å²) in [5.41, 5.74) is 0.615. The van der Waals surface area contributed by atoms with Gasteiger partial charge in [0.25, 0.3) is 5.91 Å². The third kappa shape index (κ3) is 2.82. The van der Waals surface area contributed by atoms with Crippen LogP contribution in [0.5, 0.6) is 0 Å². The van der Waals surface area contributed by atoms with Gasteiger partial charge in [-0.05, 0) is 25.1 Å². The van der Waals surface area contributed by atoms with E-state index in [0.717, 1.165) is 16.7 Å². The first-order chi connectivity index (χ1) is 9.00. The molecule has 1 fully saturated rings. The fourth-order valence-corrected chi connectivity index (χ4v) is 2.92. The van der Waals surface area contributed by atoms with Crippen LogP contribution in [0, 0.1) is 0 Å². The molecule has 0 N–H and O–H groups in total. The predicted octanol–water partition coefficient (Wildman–Crippen LogP) is 0.421. The number of aliphatic carboxylic acids is 1. The first kappa shape index (κ1) is 13.7. The highest BCUT2D eigenvalue weighted by Crippen LogP contribution is 2.33. The Morgan fingerprint density at radius 3 is 2.89 bits per heavy atom. The standard InChI is InChI=1S/C12H10N2O3S2/c1-7(11(16)17)14-10(15)9(19-12(14)18)6-8-4-2-3-5-13-8/h2-7H,1H3,(H,16,17)/p-1/b9-6-/t7-/m1/s1. The quantitative estimate of drug-likeness (QED) is 0.594. The minimum atomic E-state index is -1.34. The number of hydrogen-bond donors (Lipinski definition) is 0. The molecule has 0 spiro atoms. The van der Waals surface area contributed by atoms with Crippen molar-refractivity contribution in [2.24, 2.45) is 0 Å². The molecule has 1 aliphatic rings.